The number of rotatable bonds is 4. The summed E-state index contributed by atoms with van der Waals surface area (Å²) in [6, 6.07) is 12.5. The van der Waals surface area contributed by atoms with Crippen LogP contribution in [-0.4, -0.2) is 25.2 Å². The van der Waals surface area contributed by atoms with Crippen LogP contribution in [0.25, 0.3) is 0 Å². The molecular formula is C16H15IN2O3S. The second-order valence-corrected chi connectivity index (χ2v) is 6.03. The number of thiocarbonyl (C=S) groups is 1. The van der Waals surface area contributed by atoms with E-state index in [0.717, 1.165) is 9.32 Å². The summed E-state index contributed by atoms with van der Waals surface area (Å²) in [7, 11) is 3.16. The molecule has 0 unspecified atom stereocenters. The lowest BCUT2D eigenvalue weighted by molar-refractivity contribution is 0.0977. The van der Waals surface area contributed by atoms with Gasteiger partial charge < -0.3 is 14.8 Å². The Labute approximate surface area is 153 Å². The van der Waals surface area contributed by atoms with Gasteiger partial charge in [-0.25, -0.2) is 0 Å². The van der Waals surface area contributed by atoms with E-state index in [0.29, 0.717) is 17.0 Å². The summed E-state index contributed by atoms with van der Waals surface area (Å²) < 4.78 is 11.2. The summed E-state index contributed by atoms with van der Waals surface area (Å²) in [4.78, 5) is 12.2. The predicted octanol–water partition coefficient (Wildman–Crippen LogP) is 3.44. The van der Waals surface area contributed by atoms with E-state index < -0.39 is 0 Å². The van der Waals surface area contributed by atoms with E-state index in [9.17, 15) is 4.79 Å². The number of carbonyl (C=O) groups excluding carboxylic acids is 1. The lowest BCUT2D eigenvalue weighted by atomic mass is 10.2. The molecule has 0 heterocycles. The van der Waals surface area contributed by atoms with Gasteiger partial charge in [0.05, 0.1) is 23.5 Å². The zero-order valence-corrected chi connectivity index (χ0v) is 15.5. The SMILES string of the molecule is COc1ccc(C(=O)NC(=S)Nc2ccccc2OC)cc1I. The van der Waals surface area contributed by atoms with Crippen LogP contribution in [0.3, 0.4) is 0 Å². The first-order valence-electron chi connectivity index (χ1n) is 6.64. The third-order valence-electron chi connectivity index (χ3n) is 3.00. The quantitative estimate of drug-likeness (QED) is 0.562. The molecule has 0 aromatic heterocycles. The fourth-order valence-corrected chi connectivity index (χ4v) is 2.82. The molecule has 0 aliphatic rings. The van der Waals surface area contributed by atoms with E-state index in [1.165, 1.54) is 0 Å². The summed E-state index contributed by atoms with van der Waals surface area (Å²) in [5, 5.41) is 5.79. The Morgan fingerprint density at radius 3 is 2.43 bits per heavy atom. The zero-order chi connectivity index (χ0) is 16.8. The monoisotopic (exact) mass is 442 g/mol. The lowest BCUT2D eigenvalue weighted by Crippen LogP contribution is -2.34. The molecule has 0 saturated carbocycles. The van der Waals surface area contributed by atoms with Crippen LogP contribution < -0.4 is 20.1 Å². The Morgan fingerprint density at radius 2 is 1.78 bits per heavy atom. The second-order valence-electron chi connectivity index (χ2n) is 4.46. The van der Waals surface area contributed by atoms with Crippen molar-refractivity contribution in [1.29, 1.82) is 0 Å². The van der Waals surface area contributed by atoms with Crippen LogP contribution in [0.2, 0.25) is 0 Å². The van der Waals surface area contributed by atoms with Crippen molar-refractivity contribution in [2.45, 2.75) is 0 Å². The Morgan fingerprint density at radius 1 is 1.09 bits per heavy atom. The first-order valence-corrected chi connectivity index (χ1v) is 8.12. The maximum atomic E-state index is 12.2. The number of para-hydroxylation sites is 2. The summed E-state index contributed by atoms with van der Waals surface area (Å²) in [5.41, 5.74) is 1.18. The van der Waals surface area contributed by atoms with E-state index in [-0.39, 0.29) is 11.0 Å². The predicted molar refractivity (Wildman–Crippen MR) is 102 cm³/mol. The molecule has 2 aromatic carbocycles. The Kier molecular flexibility index (Phi) is 6.17. The number of benzene rings is 2. The van der Waals surface area contributed by atoms with Gasteiger partial charge in [-0.1, -0.05) is 12.1 Å². The molecule has 0 fully saturated rings. The van der Waals surface area contributed by atoms with Crippen LogP contribution >= 0.6 is 34.8 Å². The number of halogens is 1. The van der Waals surface area contributed by atoms with E-state index in [1.807, 2.05) is 18.2 Å². The molecule has 0 saturated heterocycles. The molecule has 5 nitrogen and oxygen atoms in total. The van der Waals surface area contributed by atoms with E-state index in [2.05, 4.69) is 33.2 Å². The van der Waals surface area contributed by atoms with Crippen molar-refractivity contribution in [1.82, 2.24) is 5.32 Å². The second kappa shape index (κ2) is 8.11. The van der Waals surface area contributed by atoms with Crippen molar-refractivity contribution < 1.29 is 14.3 Å². The fraction of sp³-hybridized carbons (Fsp3) is 0.125. The van der Waals surface area contributed by atoms with Gasteiger partial charge in [0, 0.05) is 5.56 Å². The largest absolute Gasteiger partial charge is 0.496 e. The van der Waals surface area contributed by atoms with E-state index in [1.54, 1.807) is 38.5 Å². The molecule has 0 aliphatic carbocycles. The third kappa shape index (κ3) is 4.55. The zero-order valence-electron chi connectivity index (χ0n) is 12.6. The maximum absolute atomic E-state index is 12.2. The molecule has 0 bridgehead atoms. The van der Waals surface area contributed by atoms with Crippen molar-refractivity contribution in [3.63, 3.8) is 0 Å². The van der Waals surface area contributed by atoms with Gasteiger partial charge in [-0.15, -0.1) is 0 Å². The smallest absolute Gasteiger partial charge is 0.257 e. The fourth-order valence-electron chi connectivity index (χ4n) is 1.88. The van der Waals surface area contributed by atoms with Gasteiger partial charge in [0.15, 0.2) is 5.11 Å². The Hall–Kier alpha value is -1.87. The maximum Gasteiger partial charge on any atom is 0.257 e. The minimum Gasteiger partial charge on any atom is -0.496 e. The molecule has 120 valence electrons. The molecule has 1 amide bonds. The summed E-state index contributed by atoms with van der Waals surface area (Å²) >= 11 is 7.29. The summed E-state index contributed by atoms with van der Waals surface area (Å²) in [6.07, 6.45) is 0. The molecule has 0 aliphatic heterocycles. The highest BCUT2D eigenvalue weighted by Gasteiger charge is 2.11. The van der Waals surface area contributed by atoms with Gasteiger partial charge in [-0.2, -0.15) is 0 Å². The average Bonchev–Trinajstić information content (AvgIpc) is 2.55. The number of anilines is 1. The molecule has 7 heteroatoms. The highest BCUT2D eigenvalue weighted by molar-refractivity contribution is 14.1. The van der Waals surface area contributed by atoms with Crippen LogP contribution in [0, 0.1) is 3.57 Å². The van der Waals surface area contributed by atoms with Crippen LogP contribution in [0.1, 0.15) is 10.4 Å². The number of hydrogen-bond donors (Lipinski definition) is 2. The number of nitrogens with one attached hydrogen (secondary N) is 2. The number of amides is 1. The molecule has 0 spiro atoms. The Balaban J connectivity index is 2.05. The minimum atomic E-state index is -0.294. The van der Waals surface area contributed by atoms with Crippen LogP contribution in [0.5, 0.6) is 11.5 Å². The van der Waals surface area contributed by atoms with Gasteiger partial charge in [0.2, 0.25) is 0 Å². The van der Waals surface area contributed by atoms with Gasteiger partial charge in [0.25, 0.3) is 5.91 Å². The van der Waals surface area contributed by atoms with Crippen molar-refractivity contribution >= 4 is 51.5 Å². The van der Waals surface area contributed by atoms with Crippen LogP contribution in [0.15, 0.2) is 42.5 Å². The number of carbonyl (C=O) groups is 1. The standard InChI is InChI=1S/C16H15IN2O3S/c1-21-13-8-7-10(9-11(13)17)15(20)19-16(23)18-12-5-3-4-6-14(12)22-2/h3-9H,1-2H3,(H2,18,19,20,23). The van der Waals surface area contributed by atoms with E-state index in [4.69, 9.17) is 21.7 Å². The first kappa shape index (κ1) is 17.5. The minimum absolute atomic E-state index is 0.199. The average molecular weight is 442 g/mol. The Bertz CT molecular complexity index is 737. The van der Waals surface area contributed by atoms with Crippen LogP contribution in [-0.2, 0) is 0 Å². The molecule has 2 rings (SSSR count). The first-order chi connectivity index (χ1) is 11.0. The van der Waals surface area contributed by atoms with Crippen LogP contribution in [0.4, 0.5) is 5.69 Å². The third-order valence-corrected chi connectivity index (χ3v) is 4.04. The molecule has 23 heavy (non-hydrogen) atoms. The topological polar surface area (TPSA) is 59.6 Å². The van der Waals surface area contributed by atoms with Gasteiger partial charge >= 0.3 is 0 Å². The highest BCUT2D eigenvalue weighted by atomic mass is 127. The van der Waals surface area contributed by atoms with Crippen molar-refractivity contribution in [2.75, 3.05) is 19.5 Å². The molecular weight excluding hydrogens is 427 g/mol. The number of ether oxygens (including phenoxy) is 2. The molecule has 2 N–H and O–H groups in total. The number of hydrogen-bond acceptors (Lipinski definition) is 4. The van der Waals surface area contributed by atoms with Crippen molar-refractivity contribution in [3.8, 4) is 11.5 Å². The van der Waals surface area contributed by atoms with E-state index >= 15 is 0 Å². The van der Waals surface area contributed by atoms with Crippen molar-refractivity contribution in [3.05, 3.63) is 51.6 Å². The van der Waals surface area contributed by atoms with Gasteiger partial charge in [0.1, 0.15) is 11.5 Å². The number of methoxy groups -OCH3 is 2. The lowest BCUT2D eigenvalue weighted by Gasteiger charge is -2.13. The van der Waals surface area contributed by atoms with Gasteiger partial charge in [-0.05, 0) is 65.1 Å². The molecule has 0 radical (unpaired) electrons. The summed E-state index contributed by atoms with van der Waals surface area (Å²) in [5.74, 6) is 1.07. The molecule has 0 atom stereocenters. The normalized spacial score (nSPS) is 9.87. The highest BCUT2D eigenvalue weighted by Crippen LogP contribution is 2.23. The molecule has 2 aromatic rings. The van der Waals surface area contributed by atoms with Crippen molar-refractivity contribution in [2.24, 2.45) is 0 Å². The van der Waals surface area contributed by atoms with Gasteiger partial charge in [-0.3, -0.25) is 10.1 Å². The summed E-state index contributed by atoms with van der Waals surface area (Å²) in [6.45, 7) is 0.